The zero-order valence-electron chi connectivity index (χ0n) is 10.8. The van der Waals surface area contributed by atoms with Crippen LogP contribution in [-0.2, 0) is 10.0 Å². The van der Waals surface area contributed by atoms with Gasteiger partial charge in [0.15, 0.2) is 0 Å². The summed E-state index contributed by atoms with van der Waals surface area (Å²) in [6.07, 6.45) is 4.02. The highest BCUT2D eigenvalue weighted by molar-refractivity contribution is 7.89. The average molecular weight is 311 g/mol. The van der Waals surface area contributed by atoms with E-state index in [1.54, 1.807) is 30.3 Å². The van der Waals surface area contributed by atoms with Crippen LogP contribution in [-0.4, -0.2) is 19.4 Å². The smallest absolute Gasteiger partial charge is 0.236 e. The van der Waals surface area contributed by atoms with E-state index in [1.165, 1.54) is 0 Å². The minimum absolute atomic E-state index is 0.0686. The standard InChI is InChI=1S/C14H15ClN2O2S/c15-14-8-5-10-9-12(6-7-13(10)16-14)20(18,19)17-11-3-1-2-4-11/h5-9,11,17H,1-4H2. The van der Waals surface area contributed by atoms with Crippen LogP contribution in [0.15, 0.2) is 35.2 Å². The minimum atomic E-state index is -3.46. The Morgan fingerprint density at radius 1 is 1.15 bits per heavy atom. The van der Waals surface area contributed by atoms with Crippen molar-refractivity contribution in [1.29, 1.82) is 0 Å². The monoisotopic (exact) mass is 310 g/mol. The number of aromatic nitrogens is 1. The highest BCUT2D eigenvalue weighted by Crippen LogP contribution is 2.23. The molecular formula is C14H15ClN2O2S. The largest absolute Gasteiger partial charge is 0.240 e. The fourth-order valence-electron chi connectivity index (χ4n) is 2.58. The number of halogens is 1. The molecule has 106 valence electrons. The predicted octanol–water partition coefficient (Wildman–Crippen LogP) is 3.11. The zero-order valence-corrected chi connectivity index (χ0v) is 12.4. The first kappa shape index (κ1) is 13.8. The van der Waals surface area contributed by atoms with E-state index in [1.807, 2.05) is 0 Å². The maximum Gasteiger partial charge on any atom is 0.240 e. The Morgan fingerprint density at radius 2 is 1.90 bits per heavy atom. The lowest BCUT2D eigenvalue weighted by atomic mass is 10.2. The molecule has 20 heavy (non-hydrogen) atoms. The van der Waals surface area contributed by atoms with Gasteiger partial charge < -0.3 is 0 Å². The number of hydrogen-bond acceptors (Lipinski definition) is 3. The van der Waals surface area contributed by atoms with Crippen LogP contribution in [0.25, 0.3) is 10.9 Å². The minimum Gasteiger partial charge on any atom is -0.236 e. The number of pyridine rings is 1. The van der Waals surface area contributed by atoms with Crippen LogP contribution >= 0.6 is 11.6 Å². The quantitative estimate of drug-likeness (QED) is 0.886. The van der Waals surface area contributed by atoms with Gasteiger partial charge in [-0.05, 0) is 43.2 Å². The predicted molar refractivity (Wildman–Crippen MR) is 79.3 cm³/mol. The zero-order chi connectivity index (χ0) is 14.2. The Kier molecular flexibility index (Phi) is 3.67. The van der Waals surface area contributed by atoms with Crippen LogP contribution < -0.4 is 4.72 Å². The van der Waals surface area contributed by atoms with Crippen molar-refractivity contribution in [2.45, 2.75) is 36.6 Å². The summed E-state index contributed by atoms with van der Waals surface area (Å²) >= 11 is 5.82. The molecule has 1 aromatic carbocycles. The van der Waals surface area contributed by atoms with E-state index in [-0.39, 0.29) is 10.9 Å². The normalized spacial score (nSPS) is 16.9. The van der Waals surface area contributed by atoms with Crippen molar-refractivity contribution in [3.05, 3.63) is 35.5 Å². The van der Waals surface area contributed by atoms with E-state index < -0.39 is 10.0 Å². The highest BCUT2D eigenvalue weighted by Gasteiger charge is 2.23. The highest BCUT2D eigenvalue weighted by atomic mass is 35.5. The molecule has 1 saturated carbocycles. The third-order valence-electron chi connectivity index (χ3n) is 3.61. The summed E-state index contributed by atoms with van der Waals surface area (Å²) in [5.41, 5.74) is 0.692. The molecule has 0 bridgehead atoms. The molecule has 1 N–H and O–H groups in total. The van der Waals surface area contributed by atoms with E-state index in [0.717, 1.165) is 31.1 Å². The summed E-state index contributed by atoms with van der Waals surface area (Å²) < 4.78 is 27.5. The van der Waals surface area contributed by atoms with Crippen LogP contribution in [0.2, 0.25) is 5.15 Å². The van der Waals surface area contributed by atoms with E-state index in [0.29, 0.717) is 10.7 Å². The average Bonchev–Trinajstić information content (AvgIpc) is 2.90. The number of nitrogens with zero attached hydrogens (tertiary/aromatic N) is 1. The van der Waals surface area contributed by atoms with E-state index in [2.05, 4.69) is 9.71 Å². The van der Waals surface area contributed by atoms with Crippen molar-refractivity contribution in [2.75, 3.05) is 0 Å². The molecule has 0 saturated heterocycles. The molecule has 4 nitrogen and oxygen atoms in total. The summed E-state index contributed by atoms with van der Waals surface area (Å²) in [6.45, 7) is 0. The maximum atomic E-state index is 12.3. The Labute approximate surface area is 123 Å². The molecular weight excluding hydrogens is 296 g/mol. The summed E-state index contributed by atoms with van der Waals surface area (Å²) in [6, 6.07) is 8.40. The summed E-state index contributed by atoms with van der Waals surface area (Å²) in [4.78, 5) is 4.43. The van der Waals surface area contributed by atoms with Crippen molar-refractivity contribution in [2.24, 2.45) is 0 Å². The van der Waals surface area contributed by atoms with Crippen molar-refractivity contribution in [1.82, 2.24) is 9.71 Å². The van der Waals surface area contributed by atoms with E-state index in [4.69, 9.17) is 11.6 Å². The van der Waals surface area contributed by atoms with Crippen LogP contribution in [0.5, 0.6) is 0 Å². The lowest BCUT2D eigenvalue weighted by molar-refractivity contribution is 0.552. The van der Waals surface area contributed by atoms with Gasteiger partial charge >= 0.3 is 0 Å². The fourth-order valence-corrected chi connectivity index (χ4v) is 4.07. The third-order valence-corrected chi connectivity index (χ3v) is 5.34. The van der Waals surface area contributed by atoms with Crippen molar-refractivity contribution in [3.63, 3.8) is 0 Å². The van der Waals surface area contributed by atoms with Crippen molar-refractivity contribution in [3.8, 4) is 0 Å². The van der Waals surface area contributed by atoms with Gasteiger partial charge in [0, 0.05) is 11.4 Å². The Morgan fingerprint density at radius 3 is 2.65 bits per heavy atom. The first-order valence-electron chi connectivity index (χ1n) is 6.63. The topological polar surface area (TPSA) is 59.1 Å². The molecule has 1 heterocycles. The molecule has 6 heteroatoms. The molecule has 0 spiro atoms. The van der Waals surface area contributed by atoms with Gasteiger partial charge in [0.1, 0.15) is 5.15 Å². The lowest BCUT2D eigenvalue weighted by Gasteiger charge is -2.12. The van der Waals surface area contributed by atoms with Crippen LogP contribution in [0, 0.1) is 0 Å². The maximum absolute atomic E-state index is 12.3. The Balaban J connectivity index is 1.94. The summed E-state index contributed by atoms with van der Waals surface area (Å²) in [5, 5.41) is 1.17. The molecule has 0 atom stereocenters. The van der Waals surface area contributed by atoms with Crippen molar-refractivity contribution < 1.29 is 8.42 Å². The SMILES string of the molecule is O=S(=O)(NC1CCCC1)c1ccc2nc(Cl)ccc2c1. The Hall–Kier alpha value is -1.17. The Bertz CT molecular complexity index is 740. The number of fused-ring (bicyclic) bond motifs is 1. The van der Waals surface area contributed by atoms with Crippen LogP contribution in [0.1, 0.15) is 25.7 Å². The molecule has 0 amide bonds. The molecule has 1 fully saturated rings. The number of hydrogen-bond donors (Lipinski definition) is 1. The molecule has 1 aromatic heterocycles. The van der Waals surface area contributed by atoms with E-state index in [9.17, 15) is 8.42 Å². The third kappa shape index (κ3) is 2.80. The summed E-state index contributed by atoms with van der Waals surface area (Å²) in [5.74, 6) is 0. The second-order valence-electron chi connectivity index (χ2n) is 5.09. The van der Waals surface area contributed by atoms with Gasteiger partial charge in [0.2, 0.25) is 10.0 Å². The van der Waals surface area contributed by atoms with Crippen LogP contribution in [0.4, 0.5) is 0 Å². The first-order valence-corrected chi connectivity index (χ1v) is 8.49. The van der Waals surface area contributed by atoms with Gasteiger partial charge in [-0.15, -0.1) is 0 Å². The molecule has 2 aromatic rings. The van der Waals surface area contributed by atoms with Gasteiger partial charge in [0.25, 0.3) is 0 Å². The number of nitrogens with one attached hydrogen (secondary N) is 1. The molecule has 3 rings (SSSR count). The number of sulfonamides is 1. The first-order chi connectivity index (χ1) is 9.54. The van der Waals surface area contributed by atoms with Gasteiger partial charge in [0.05, 0.1) is 10.4 Å². The van der Waals surface area contributed by atoms with Crippen molar-refractivity contribution >= 4 is 32.5 Å². The van der Waals surface area contributed by atoms with Gasteiger partial charge in [-0.1, -0.05) is 24.4 Å². The fraction of sp³-hybridized carbons (Fsp3) is 0.357. The molecule has 1 aliphatic rings. The van der Waals surface area contributed by atoms with Crippen LogP contribution in [0.3, 0.4) is 0 Å². The second kappa shape index (κ2) is 5.31. The van der Waals surface area contributed by atoms with Gasteiger partial charge in [-0.2, -0.15) is 0 Å². The molecule has 0 radical (unpaired) electrons. The number of rotatable bonds is 3. The van der Waals surface area contributed by atoms with Gasteiger partial charge in [-0.3, -0.25) is 0 Å². The second-order valence-corrected chi connectivity index (χ2v) is 7.19. The molecule has 0 unspecified atom stereocenters. The van der Waals surface area contributed by atoms with E-state index >= 15 is 0 Å². The number of benzene rings is 1. The molecule has 0 aliphatic heterocycles. The van der Waals surface area contributed by atoms with Gasteiger partial charge in [-0.25, -0.2) is 18.1 Å². The summed E-state index contributed by atoms with van der Waals surface area (Å²) in [7, 11) is -3.46. The molecule has 1 aliphatic carbocycles. The lowest BCUT2D eigenvalue weighted by Crippen LogP contribution is -2.32.